The zero-order chi connectivity index (χ0) is 21.1. The number of benzene rings is 3. The van der Waals surface area contributed by atoms with E-state index in [0.29, 0.717) is 10.5 Å². The van der Waals surface area contributed by atoms with Gasteiger partial charge in [-0.15, -0.1) is 0 Å². The van der Waals surface area contributed by atoms with Gasteiger partial charge in [-0.3, -0.25) is 19.3 Å². The molecule has 30 heavy (non-hydrogen) atoms. The van der Waals surface area contributed by atoms with Gasteiger partial charge in [0.15, 0.2) is 5.78 Å². The minimum absolute atomic E-state index is 0.271. The van der Waals surface area contributed by atoms with E-state index in [0.717, 1.165) is 37.8 Å². The summed E-state index contributed by atoms with van der Waals surface area (Å²) in [7, 11) is 0. The van der Waals surface area contributed by atoms with E-state index in [-0.39, 0.29) is 12.3 Å². The molecule has 0 aromatic heterocycles. The first-order chi connectivity index (χ1) is 14.5. The average Bonchev–Trinajstić information content (AvgIpc) is 3.03. The maximum atomic E-state index is 12.7. The fourth-order valence-electron chi connectivity index (χ4n) is 3.06. The molecule has 3 aromatic carbocycles. The number of hydrogen-bond acceptors (Lipinski definition) is 4. The molecule has 0 unspecified atom stereocenters. The van der Waals surface area contributed by atoms with Crippen molar-refractivity contribution in [3.05, 3.63) is 99.4 Å². The summed E-state index contributed by atoms with van der Waals surface area (Å²) < 4.78 is 0.927. The molecule has 2 amide bonds. The summed E-state index contributed by atoms with van der Waals surface area (Å²) in [5.74, 6) is -0.719. The lowest BCUT2D eigenvalue weighted by molar-refractivity contribution is -0.122. The molecule has 6 heteroatoms. The smallest absolute Gasteiger partial charge is 0.292 e. The van der Waals surface area contributed by atoms with Crippen molar-refractivity contribution in [2.75, 3.05) is 6.54 Å². The van der Waals surface area contributed by atoms with Crippen molar-refractivity contribution in [2.45, 2.75) is 0 Å². The van der Waals surface area contributed by atoms with Gasteiger partial charge < -0.3 is 0 Å². The van der Waals surface area contributed by atoms with Gasteiger partial charge in [-0.1, -0.05) is 82.7 Å². The number of nitrogens with zero attached hydrogens (tertiary/aromatic N) is 1. The quantitative estimate of drug-likeness (QED) is 0.332. The largest absolute Gasteiger partial charge is 0.293 e. The molecule has 1 heterocycles. The standard InChI is InChI=1S/C24H16BrNO3S/c25-20-12-6-16(7-13-20)14-22-23(28)26(24(29)30-22)15-21(27)19-10-8-18(9-11-19)17-4-2-1-3-5-17/h1-14H,15H2/b22-14+. The Morgan fingerprint density at radius 1 is 0.867 bits per heavy atom. The van der Waals surface area contributed by atoms with Gasteiger partial charge in [-0.25, -0.2) is 0 Å². The summed E-state index contributed by atoms with van der Waals surface area (Å²) in [6, 6.07) is 24.4. The van der Waals surface area contributed by atoms with Crippen molar-refractivity contribution in [3.63, 3.8) is 0 Å². The lowest BCUT2D eigenvalue weighted by Gasteiger charge is -2.11. The predicted octanol–water partition coefficient (Wildman–Crippen LogP) is 6.04. The van der Waals surface area contributed by atoms with Crippen LogP contribution in [0.5, 0.6) is 0 Å². The second-order valence-electron chi connectivity index (χ2n) is 6.69. The molecule has 1 aliphatic heterocycles. The molecule has 4 rings (SSSR count). The van der Waals surface area contributed by atoms with Gasteiger partial charge in [0, 0.05) is 10.0 Å². The van der Waals surface area contributed by atoms with Gasteiger partial charge in [0.1, 0.15) is 0 Å². The van der Waals surface area contributed by atoms with Crippen LogP contribution in [0.25, 0.3) is 17.2 Å². The maximum absolute atomic E-state index is 12.7. The van der Waals surface area contributed by atoms with Crippen molar-refractivity contribution >= 4 is 50.7 Å². The molecule has 0 saturated carbocycles. The highest BCUT2D eigenvalue weighted by Crippen LogP contribution is 2.32. The summed E-state index contributed by atoms with van der Waals surface area (Å²) in [6.07, 6.45) is 1.66. The Bertz CT molecular complexity index is 1140. The van der Waals surface area contributed by atoms with Crippen LogP contribution in [0.3, 0.4) is 0 Å². The van der Waals surface area contributed by atoms with E-state index < -0.39 is 11.1 Å². The highest BCUT2D eigenvalue weighted by molar-refractivity contribution is 9.10. The van der Waals surface area contributed by atoms with Gasteiger partial charge in [0.05, 0.1) is 11.4 Å². The molecule has 4 nitrogen and oxygen atoms in total. The minimum atomic E-state index is -0.442. The van der Waals surface area contributed by atoms with E-state index in [1.165, 1.54) is 0 Å². The van der Waals surface area contributed by atoms with Crippen LogP contribution >= 0.6 is 27.7 Å². The molecule has 1 fully saturated rings. The first kappa shape index (κ1) is 20.3. The number of amides is 2. The Hall–Kier alpha value is -2.96. The Kier molecular flexibility index (Phi) is 5.97. The molecule has 3 aromatic rings. The van der Waals surface area contributed by atoms with Crippen LogP contribution in [0.1, 0.15) is 15.9 Å². The molecule has 1 aliphatic rings. The zero-order valence-electron chi connectivity index (χ0n) is 15.7. The van der Waals surface area contributed by atoms with Crippen molar-refractivity contribution in [2.24, 2.45) is 0 Å². The predicted molar refractivity (Wildman–Crippen MR) is 123 cm³/mol. The fraction of sp³-hybridized carbons (Fsp3) is 0.0417. The lowest BCUT2D eigenvalue weighted by atomic mass is 10.0. The van der Waals surface area contributed by atoms with Gasteiger partial charge in [0.25, 0.3) is 11.1 Å². The first-order valence-corrected chi connectivity index (χ1v) is 10.8. The summed E-state index contributed by atoms with van der Waals surface area (Å²) in [6.45, 7) is -0.271. The van der Waals surface area contributed by atoms with Crippen molar-refractivity contribution in [1.82, 2.24) is 4.90 Å². The molecule has 148 valence electrons. The Labute approximate surface area is 186 Å². The second kappa shape index (κ2) is 8.81. The van der Waals surface area contributed by atoms with Crippen LogP contribution in [-0.2, 0) is 4.79 Å². The van der Waals surface area contributed by atoms with Gasteiger partial charge in [-0.05, 0) is 46.7 Å². The third-order valence-corrected chi connectivity index (χ3v) is 6.09. The molecule has 0 N–H and O–H groups in total. The minimum Gasteiger partial charge on any atom is -0.292 e. The summed E-state index contributed by atoms with van der Waals surface area (Å²) in [4.78, 5) is 38.9. The summed E-state index contributed by atoms with van der Waals surface area (Å²) >= 11 is 4.22. The Morgan fingerprint density at radius 3 is 2.17 bits per heavy atom. The maximum Gasteiger partial charge on any atom is 0.293 e. The van der Waals surface area contributed by atoms with E-state index in [1.807, 2.05) is 66.7 Å². The van der Waals surface area contributed by atoms with Crippen LogP contribution in [-0.4, -0.2) is 28.4 Å². The van der Waals surface area contributed by atoms with E-state index >= 15 is 0 Å². The normalized spacial score (nSPS) is 15.1. The van der Waals surface area contributed by atoms with E-state index in [4.69, 9.17) is 0 Å². The first-order valence-electron chi connectivity index (χ1n) is 9.21. The van der Waals surface area contributed by atoms with Gasteiger partial charge >= 0.3 is 0 Å². The number of rotatable bonds is 5. The summed E-state index contributed by atoms with van der Waals surface area (Å²) in [5, 5.41) is -0.433. The molecule has 0 atom stereocenters. The fourth-order valence-corrected chi connectivity index (χ4v) is 4.16. The van der Waals surface area contributed by atoms with Crippen LogP contribution < -0.4 is 0 Å². The molecule has 0 spiro atoms. The molecule has 1 saturated heterocycles. The Balaban J connectivity index is 1.47. The highest BCUT2D eigenvalue weighted by atomic mass is 79.9. The third kappa shape index (κ3) is 4.45. The topological polar surface area (TPSA) is 54.5 Å². The van der Waals surface area contributed by atoms with Crippen molar-refractivity contribution in [3.8, 4) is 11.1 Å². The molecule has 0 bridgehead atoms. The van der Waals surface area contributed by atoms with Crippen LogP contribution in [0.4, 0.5) is 4.79 Å². The SMILES string of the molecule is O=C(CN1C(=O)S/C(=C/c2ccc(Br)cc2)C1=O)c1ccc(-c2ccccc2)cc1. The van der Waals surface area contributed by atoms with Crippen LogP contribution in [0.2, 0.25) is 0 Å². The monoisotopic (exact) mass is 477 g/mol. The molecule has 0 aliphatic carbocycles. The Morgan fingerprint density at radius 2 is 1.50 bits per heavy atom. The third-order valence-electron chi connectivity index (χ3n) is 4.66. The number of carbonyl (C=O) groups excluding carboxylic acids is 3. The number of hydrogen-bond donors (Lipinski definition) is 0. The highest BCUT2D eigenvalue weighted by Gasteiger charge is 2.36. The van der Waals surface area contributed by atoms with E-state index in [2.05, 4.69) is 15.9 Å². The second-order valence-corrected chi connectivity index (χ2v) is 8.59. The van der Waals surface area contributed by atoms with E-state index in [9.17, 15) is 14.4 Å². The van der Waals surface area contributed by atoms with Crippen LogP contribution in [0.15, 0.2) is 88.2 Å². The van der Waals surface area contributed by atoms with Crippen LogP contribution in [0, 0.1) is 0 Å². The number of thioether (sulfide) groups is 1. The number of carbonyl (C=O) groups is 3. The van der Waals surface area contributed by atoms with Crippen molar-refractivity contribution in [1.29, 1.82) is 0 Å². The number of halogens is 1. The van der Waals surface area contributed by atoms with E-state index in [1.54, 1.807) is 18.2 Å². The number of imide groups is 1. The molecular formula is C24H16BrNO3S. The van der Waals surface area contributed by atoms with Gasteiger partial charge in [-0.2, -0.15) is 0 Å². The summed E-state index contributed by atoms with van der Waals surface area (Å²) in [5.41, 5.74) is 3.33. The lowest BCUT2D eigenvalue weighted by Crippen LogP contribution is -2.33. The molecular weight excluding hydrogens is 462 g/mol. The van der Waals surface area contributed by atoms with Crippen molar-refractivity contribution < 1.29 is 14.4 Å². The van der Waals surface area contributed by atoms with Gasteiger partial charge in [0.2, 0.25) is 0 Å². The zero-order valence-corrected chi connectivity index (χ0v) is 18.2. The average molecular weight is 478 g/mol. The number of Topliss-reactive ketones (excluding diaryl/α,β-unsaturated/α-hetero) is 1. The molecule has 0 radical (unpaired) electrons. The number of ketones is 1.